The lowest BCUT2D eigenvalue weighted by Gasteiger charge is -2.13. The second-order valence-corrected chi connectivity index (χ2v) is 8.50. The Labute approximate surface area is 179 Å². The van der Waals surface area contributed by atoms with Gasteiger partial charge in [-0.1, -0.05) is 34.9 Å². The van der Waals surface area contributed by atoms with Gasteiger partial charge in [-0.2, -0.15) is 11.8 Å². The van der Waals surface area contributed by atoms with Crippen LogP contribution in [0.15, 0.2) is 34.9 Å². The molecule has 0 aliphatic carbocycles. The van der Waals surface area contributed by atoms with Crippen LogP contribution in [0.5, 0.6) is 0 Å². The molecule has 2 amide bonds. The number of aliphatic carboxylic acids is 1. The first-order valence-corrected chi connectivity index (χ1v) is 11.1. The monoisotopic (exact) mass is 424 g/mol. The summed E-state index contributed by atoms with van der Waals surface area (Å²) in [5, 5.41) is 11.7. The van der Waals surface area contributed by atoms with Crippen molar-refractivity contribution in [3.8, 4) is 0 Å². The van der Waals surface area contributed by atoms with E-state index in [1.165, 1.54) is 28.5 Å². The van der Waals surface area contributed by atoms with Gasteiger partial charge < -0.3 is 16.2 Å². The summed E-state index contributed by atoms with van der Waals surface area (Å²) in [6.45, 7) is 8.47. The van der Waals surface area contributed by atoms with E-state index < -0.39 is 23.8 Å². The molecular weight excluding hydrogens is 388 g/mol. The van der Waals surface area contributed by atoms with E-state index in [-0.39, 0.29) is 18.6 Å². The highest BCUT2D eigenvalue weighted by Gasteiger charge is 2.19. The topological polar surface area (TPSA) is 109 Å². The molecule has 0 saturated carbocycles. The third-order valence-corrected chi connectivity index (χ3v) is 5.16. The fourth-order valence-corrected chi connectivity index (χ4v) is 3.40. The van der Waals surface area contributed by atoms with Crippen LogP contribution < -0.4 is 11.1 Å². The van der Waals surface area contributed by atoms with Crippen LogP contribution in [0.4, 0.5) is 0 Å². The summed E-state index contributed by atoms with van der Waals surface area (Å²) >= 11 is 1.45. The number of hydrogen-bond acceptors (Lipinski definition) is 4. The molecule has 0 aromatic rings. The molecule has 0 aromatic heterocycles. The zero-order chi connectivity index (χ0) is 22.2. The number of primary amides is 1. The molecule has 0 aliphatic heterocycles. The summed E-state index contributed by atoms with van der Waals surface area (Å²) in [5.41, 5.74) is 9.01. The van der Waals surface area contributed by atoms with Gasteiger partial charge in [0.15, 0.2) is 0 Å². The summed E-state index contributed by atoms with van der Waals surface area (Å²) in [6, 6.07) is -0.972. The van der Waals surface area contributed by atoms with E-state index >= 15 is 0 Å². The van der Waals surface area contributed by atoms with Crippen LogP contribution in [0, 0.1) is 0 Å². The van der Waals surface area contributed by atoms with Gasteiger partial charge in [-0.25, -0.2) is 4.79 Å². The fourth-order valence-electron chi connectivity index (χ4n) is 2.40. The van der Waals surface area contributed by atoms with Crippen molar-refractivity contribution in [3.63, 3.8) is 0 Å². The van der Waals surface area contributed by atoms with Gasteiger partial charge >= 0.3 is 5.97 Å². The van der Waals surface area contributed by atoms with Crippen molar-refractivity contribution in [2.45, 2.75) is 72.3 Å². The van der Waals surface area contributed by atoms with E-state index in [4.69, 9.17) is 5.73 Å². The molecule has 1 atom stereocenters. The molecular formula is C22H36N2O4S. The minimum Gasteiger partial charge on any atom is -0.480 e. The lowest BCUT2D eigenvalue weighted by molar-refractivity contribution is -0.141. The fraction of sp³-hybridized carbons (Fsp3) is 0.591. The predicted molar refractivity (Wildman–Crippen MR) is 121 cm³/mol. The number of thioether (sulfide) groups is 1. The van der Waals surface area contributed by atoms with E-state index in [2.05, 4.69) is 51.2 Å². The van der Waals surface area contributed by atoms with E-state index in [1.807, 2.05) is 0 Å². The zero-order valence-electron chi connectivity index (χ0n) is 18.1. The number of carboxylic acids is 1. The lowest BCUT2D eigenvalue weighted by Crippen LogP contribution is -2.42. The first kappa shape index (κ1) is 27.0. The lowest BCUT2D eigenvalue weighted by atomic mass is 10.1. The Hall–Kier alpha value is -2.02. The van der Waals surface area contributed by atoms with Crippen molar-refractivity contribution >= 4 is 29.5 Å². The second-order valence-electron chi connectivity index (χ2n) is 7.42. The Kier molecular flexibility index (Phi) is 14.7. The molecule has 29 heavy (non-hydrogen) atoms. The minimum absolute atomic E-state index is 0.0872. The summed E-state index contributed by atoms with van der Waals surface area (Å²) in [7, 11) is 0. The molecule has 0 heterocycles. The summed E-state index contributed by atoms with van der Waals surface area (Å²) in [5.74, 6) is -1.18. The third-order valence-electron chi connectivity index (χ3n) is 4.19. The largest absolute Gasteiger partial charge is 0.480 e. The van der Waals surface area contributed by atoms with Crippen LogP contribution in [-0.4, -0.2) is 40.4 Å². The Morgan fingerprint density at radius 2 is 1.52 bits per heavy atom. The highest BCUT2D eigenvalue weighted by Crippen LogP contribution is 2.13. The summed E-state index contributed by atoms with van der Waals surface area (Å²) in [6.07, 6.45) is 10.6. The quantitative estimate of drug-likeness (QED) is 0.272. The molecule has 0 spiro atoms. The minimum atomic E-state index is -1.08. The van der Waals surface area contributed by atoms with Gasteiger partial charge in [0.1, 0.15) is 6.04 Å². The van der Waals surface area contributed by atoms with Gasteiger partial charge in [0, 0.05) is 24.3 Å². The van der Waals surface area contributed by atoms with Gasteiger partial charge in [0.05, 0.1) is 0 Å². The average Bonchev–Trinajstić information content (AvgIpc) is 2.61. The molecule has 0 fully saturated rings. The molecule has 4 N–H and O–H groups in total. The van der Waals surface area contributed by atoms with E-state index in [0.717, 1.165) is 25.7 Å². The van der Waals surface area contributed by atoms with E-state index in [9.17, 15) is 19.5 Å². The van der Waals surface area contributed by atoms with Crippen LogP contribution in [0.2, 0.25) is 0 Å². The molecule has 0 radical (unpaired) electrons. The van der Waals surface area contributed by atoms with Crippen molar-refractivity contribution < 1.29 is 19.5 Å². The molecule has 7 heteroatoms. The van der Waals surface area contributed by atoms with Crippen LogP contribution >= 0.6 is 11.8 Å². The molecule has 164 valence electrons. The van der Waals surface area contributed by atoms with E-state index in [0.29, 0.717) is 5.75 Å². The zero-order valence-corrected chi connectivity index (χ0v) is 18.9. The number of carbonyl (C=O) groups is 3. The summed E-state index contributed by atoms with van der Waals surface area (Å²) in [4.78, 5) is 33.6. The Bertz CT molecular complexity index is 635. The van der Waals surface area contributed by atoms with Crippen molar-refractivity contribution in [2.24, 2.45) is 5.73 Å². The van der Waals surface area contributed by atoms with Crippen molar-refractivity contribution in [1.29, 1.82) is 0 Å². The molecule has 0 bridgehead atoms. The van der Waals surface area contributed by atoms with Crippen LogP contribution in [0.1, 0.15) is 66.2 Å². The maximum atomic E-state index is 11.7. The Balaban J connectivity index is 4.20. The molecule has 0 unspecified atom stereocenters. The van der Waals surface area contributed by atoms with Gasteiger partial charge in [0.2, 0.25) is 11.8 Å². The standard InChI is InChI=1S/C22H36N2O4S/c1-16(2)7-5-8-17(3)9-6-10-18(4)13-14-29-15-19(22(27)28)24-21(26)12-11-20(23)25/h7,9,13,19H,5-6,8,10-12,14-15H2,1-4H3,(H2,23,25)(H,24,26)(H,27,28)/t19-/m0/s1. The SMILES string of the molecule is CC(C)=CCCC(C)=CCCC(C)=CCSC[C@H](NC(=O)CCC(N)=O)C(=O)O. The predicted octanol–water partition coefficient (Wildman–Crippen LogP) is 3.97. The molecule has 0 aliphatic rings. The maximum absolute atomic E-state index is 11.7. The maximum Gasteiger partial charge on any atom is 0.327 e. The van der Waals surface area contributed by atoms with Crippen LogP contribution in [0.3, 0.4) is 0 Å². The van der Waals surface area contributed by atoms with Crippen molar-refractivity contribution in [3.05, 3.63) is 34.9 Å². The average molecular weight is 425 g/mol. The van der Waals surface area contributed by atoms with Gasteiger partial charge in [-0.3, -0.25) is 9.59 Å². The number of amides is 2. The molecule has 0 saturated heterocycles. The number of carbonyl (C=O) groups excluding carboxylic acids is 2. The third kappa shape index (κ3) is 16.6. The number of allylic oxidation sites excluding steroid dienone is 5. The highest BCUT2D eigenvalue weighted by molar-refractivity contribution is 7.99. The molecule has 0 rings (SSSR count). The number of carboxylic acid groups (broad SMARTS) is 1. The van der Waals surface area contributed by atoms with Crippen LogP contribution in [-0.2, 0) is 14.4 Å². The van der Waals surface area contributed by atoms with Gasteiger partial charge in [-0.05, 0) is 53.4 Å². The van der Waals surface area contributed by atoms with Crippen molar-refractivity contribution in [2.75, 3.05) is 11.5 Å². The van der Waals surface area contributed by atoms with Gasteiger partial charge in [0.25, 0.3) is 0 Å². The number of nitrogens with two attached hydrogens (primary N) is 1. The number of rotatable bonds is 15. The Morgan fingerprint density at radius 3 is 2.07 bits per heavy atom. The highest BCUT2D eigenvalue weighted by atomic mass is 32.2. The van der Waals surface area contributed by atoms with Gasteiger partial charge in [-0.15, -0.1) is 0 Å². The Morgan fingerprint density at radius 1 is 0.931 bits per heavy atom. The summed E-state index contributed by atoms with van der Waals surface area (Å²) < 4.78 is 0. The number of hydrogen-bond donors (Lipinski definition) is 3. The number of nitrogens with one attached hydrogen (secondary N) is 1. The molecule has 0 aromatic carbocycles. The first-order valence-electron chi connectivity index (χ1n) is 9.94. The van der Waals surface area contributed by atoms with E-state index in [1.54, 1.807) is 0 Å². The smallest absolute Gasteiger partial charge is 0.327 e. The van der Waals surface area contributed by atoms with Crippen LogP contribution in [0.25, 0.3) is 0 Å². The molecule has 6 nitrogen and oxygen atoms in total. The van der Waals surface area contributed by atoms with Crippen molar-refractivity contribution in [1.82, 2.24) is 5.32 Å². The normalized spacial score (nSPS) is 13.0. The first-order chi connectivity index (χ1) is 13.6. The second kappa shape index (κ2) is 15.9.